The van der Waals surface area contributed by atoms with E-state index in [-0.39, 0.29) is 0 Å². The Balaban J connectivity index is 2.89. The number of rotatable bonds is 0. The van der Waals surface area contributed by atoms with Gasteiger partial charge in [0.25, 0.3) is 5.95 Å². The standard InChI is InChI=1S/C9H5BrFNO/c10-6-3-1-2-5-4-7(13)9(11)12-8(5)6/h1-4,13H. The summed E-state index contributed by atoms with van der Waals surface area (Å²) in [5, 5.41) is 9.76. The van der Waals surface area contributed by atoms with Crippen molar-refractivity contribution < 1.29 is 9.50 Å². The molecule has 0 aliphatic carbocycles. The summed E-state index contributed by atoms with van der Waals surface area (Å²) in [6.45, 7) is 0. The summed E-state index contributed by atoms with van der Waals surface area (Å²) in [4.78, 5) is 3.61. The van der Waals surface area contributed by atoms with Crippen molar-refractivity contribution >= 4 is 26.8 Å². The molecule has 1 N–H and O–H groups in total. The predicted molar refractivity (Wildman–Crippen MR) is 51.1 cm³/mol. The summed E-state index contributed by atoms with van der Waals surface area (Å²) in [6, 6.07) is 6.67. The van der Waals surface area contributed by atoms with Crippen molar-refractivity contribution in [2.45, 2.75) is 0 Å². The third-order valence-electron chi connectivity index (χ3n) is 1.73. The lowest BCUT2D eigenvalue weighted by atomic mass is 10.2. The van der Waals surface area contributed by atoms with E-state index < -0.39 is 11.7 Å². The van der Waals surface area contributed by atoms with E-state index in [0.29, 0.717) is 15.4 Å². The fourth-order valence-electron chi connectivity index (χ4n) is 1.13. The average molecular weight is 242 g/mol. The van der Waals surface area contributed by atoms with Crippen LogP contribution >= 0.6 is 15.9 Å². The van der Waals surface area contributed by atoms with Crippen LogP contribution in [0, 0.1) is 5.95 Å². The zero-order chi connectivity index (χ0) is 9.42. The molecule has 66 valence electrons. The fourth-order valence-corrected chi connectivity index (χ4v) is 1.60. The van der Waals surface area contributed by atoms with Crippen LogP contribution in [-0.4, -0.2) is 10.1 Å². The van der Waals surface area contributed by atoms with Crippen molar-refractivity contribution in [2.75, 3.05) is 0 Å². The first-order chi connectivity index (χ1) is 6.18. The van der Waals surface area contributed by atoms with Gasteiger partial charge in [-0.3, -0.25) is 0 Å². The van der Waals surface area contributed by atoms with Crippen LogP contribution in [0.15, 0.2) is 28.7 Å². The van der Waals surface area contributed by atoms with E-state index in [0.717, 1.165) is 0 Å². The summed E-state index contributed by atoms with van der Waals surface area (Å²) < 4.78 is 13.6. The van der Waals surface area contributed by atoms with Gasteiger partial charge in [-0.2, -0.15) is 4.39 Å². The van der Waals surface area contributed by atoms with Crippen LogP contribution < -0.4 is 0 Å². The van der Waals surface area contributed by atoms with Gasteiger partial charge in [-0.1, -0.05) is 12.1 Å². The highest BCUT2D eigenvalue weighted by atomic mass is 79.9. The molecule has 4 heteroatoms. The fraction of sp³-hybridized carbons (Fsp3) is 0. The molecule has 0 atom stereocenters. The molecule has 0 amide bonds. The maximum Gasteiger partial charge on any atom is 0.255 e. The molecule has 2 aromatic rings. The number of halogens is 2. The van der Waals surface area contributed by atoms with Crippen molar-refractivity contribution in [1.29, 1.82) is 0 Å². The highest BCUT2D eigenvalue weighted by Gasteiger charge is 2.06. The molecule has 0 aliphatic rings. The van der Waals surface area contributed by atoms with Gasteiger partial charge in [0.1, 0.15) is 0 Å². The number of hydrogen-bond acceptors (Lipinski definition) is 2. The van der Waals surface area contributed by atoms with Gasteiger partial charge in [0, 0.05) is 9.86 Å². The zero-order valence-electron chi connectivity index (χ0n) is 6.46. The number of benzene rings is 1. The highest BCUT2D eigenvalue weighted by molar-refractivity contribution is 9.10. The van der Waals surface area contributed by atoms with E-state index in [4.69, 9.17) is 5.11 Å². The minimum Gasteiger partial charge on any atom is -0.504 e. The zero-order valence-corrected chi connectivity index (χ0v) is 8.05. The maximum absolute atomic E-state index is 12.8. The van der Waals surface area contributed by atoms with Gasteiger partial charge in [0.05, 0.1) is 5.52 Å². The summed E-state index contributed by atoms with van der Waals surface area (Å²) in [7, 11) is 0. The SMILES string of the molecule is Oc1cc2cccc(Br)c2nc1F. The number of para-hydroxylation sites is 1. The molecular weight excluding hydrogens is 237 g/mol. The summed E-state index contributed by atoms with van der Waals surface area (Å²) in [5.74, 6) is -1.27. The Morgan fingerprint density at radius 1 is 1.38 bits per heavy atom. The Kier molecular flexibility index (Phi) is 1.92. The van der Waals surface area contributed by atoms with Gasteiger partial charge in [0.2, 0.25) is 0 Å². The molecule has 2 rings (SSSR count). The van der Waals surface area contributed by atoms with Crippen LogP contribution in [-0.2, 0) is 0 Å². The van der Waals surface area contributed by atoms with E-state index in [1.165, 1.54) is 6.07 Å². The molecule has 13 heavy (non-hydrogen) atoms. The third-order valence-corrected chi connectivity index (χ3v) is 2.37. The molecule has 0 radical (unpaired) electrons. The monoisotopic (exact) mass is 241 g/mol. The number of aromatic nitrogens is 1. The van der Waals surface area contributed by atoms with Crippen LogP contribution in [0.5, 0.6) is 5.75 Å². The lowest BCUT2D eigenvalue weighted by Crippen LogP contribution is -1.86. The molecule has 0 saturated carbocycles. The normalized spacial score (nSPS) is 10.6. The molecule has 0 spiro atoms. The molecule has 2 nitrogen and oxygen atoms in total. The van der Waals surface area contributed by atoms with Gasteiger partial charge in [-0.25, -0.2) is 4.98 Å². The second kappa shape index (κ2) is 2.96. The maximum atomic E-state index is 12.8. The van der Waals surface area contributed by atoms with Crippen molar-refractivity contribution in [3.63, 3.8) is 0 Å². The molecule has 0 bridgehead atoms. The largest absolute Gasteiger partial charge is 0.504 e. The topological polar surface area (TPSA) is 33.1 Å². The molecule has 1 aromatic carbocycles. The number of aromatic hydroxyl groups is 1. The minimum atomic E-state index is -0.848. The van der Waals surface area contributed by atoms with Crippen molar-refractivity contribution in [2.24, 2.45) is 0 Å². The first-order valence-electron chi connectivity index (χ1n) is 3.62. The number of hydrogen-bond donors (Lipinski definition) is 1. The average Bonchev–Trinajstić information content (AvgIpc) is 2.09. The van der Waals surface area contributed by atoms with Crippen LogP contribution in [0.3, 0.4) is 0 Å². The van der Waals surface area contributed by atoms with Crippen LogP contribution in [0.25, 0.3) is 10.9 Å². The quantitative estimate of drug-likeness (QED) is 0.720. The van der Waals surface area contributed by atoms with E-state index in [1.807, 2.05) is 0 Å². The first-order valence-corrected chi connectivity index (χ1v) is 4.41. The molecule has 0 fully saturated rings. The molecule has 1 heterocycles. The van der Waals surface area contributed by atoms with E-state index in [9.17, 15) is 4.39 Å². The Labute approximate surface area is 82.2 Å². The molecule has 0 aliphatic heterocycles. The molecule has 0 saturated heterocycles. The van der Waals surface area contributed by atoms with Crippen LogP contribution in [0.4, 0.5) is 4.39 Å². The Morgan fingerprint density at radius 3 is 2.92 bits per heavy atom. The Hall–Kier alpha value is -1.16. The number of pyridine rings is 1. The van der Waals surface area contributed by atoms with Gasteiger partial charge in [0.15, 0.2) is 5.75 Å². The van der Waals surface area contributed by atoms with Gasteiger partial charge in [-0.05, 0) is 28.1 Å². The third kappa shape index (κ3) is 1.37. The molecular formula is C9H5BrFNO. The van der Waals surface area contributed by atoms with E-state index >= 15 is 0 Å². The molecule has 0 unspecified atom stereocenters. The second-order valence-corrected chi connectivity index (χ2v) is 3.46. The minimum absolute atomic E-state index is 0.425. The number of fused-ring (bicyclic) bond motifs is 1. The van der Waals surface area contributed by atoms with Crippen LogP contribution in [0.1, 0.15) is 0 Å². The summed E-state index contributed by atoms with van der Waals surface area (Å²) in [5.41, 5.74) is 0.512. The van der Waals surface area contributed by atoms with Crippen molar-refractivity contribution in [1.82, 2.24) is 4.98 Å². The second-order valence-electron chi connectivity index (χ2n) is 2.61. The Bertz CT molecular complexity index is 472. The predicted octanol–water partition coefficient (Wildman–Crippen LogP) is 2.84. The van der Waals surface area contributed by atoms with E-state index in [2.05, 4.69) is 20.9 Å². The Morgan fingerprint density at radius 2 is 2.15 bits per heavy atom. The van der Waals surface area contributed by atoms with Gasteiger partial charge >= 0.3 is 0 Å². The van der Waals surface area contributed by atoms with Crippen molar-refractivity contribution in [3.05, 3.63) is 34.7 Å². The first kappa shape index (κ1) is 8.44. The number of nitrogens with zero attached hydrogens (tertiary/aromatic N) is 1. The lowest BCUT2D eigenvalue weighted by molar-refractivity contribution is 0.421. The van der Waals surface area contributed by atoms with E-state index in [1.54, 1.807) is 18.2 Å². The van der Waals surface area contributed by atoms with Crippen LogP contribution in [0.2, 0.25) is 0 Å². The highest BCUT2D eigenvalue weighted by Crippen LogP contribution is 2.25. The lowest BCUT2D eigenvalue weighted by Gasteiger charge is -2.00. The van der Waals surface area contributed by atoms with Gasteiger partial charge < -0.3 is 5.11 Å². The van der Waals surface area contributed by atoms with Gasteiger partial charge in [-0.15, -0.1) is 0 Å². The van der Waals surface area contributed by atoms with Crippen molar-refractivity contribution in [3.8, 4) is 5.75 Å². The molecule has 1 aromatic heterocycles. The summed E-state index contributed by atoms with van der Waals surface area (Å²) >= 11 is 3.24. The smallest absolute Gasteiger partial charge is 0.255 e. The summed E-state index contributed by atoms with van der Waals surface area (Å²) in [6.07, 6.45) is 0.